The van der Waals surface area contributed by atoms with Crippen LogP contribution in [0.25, 0.3) is 5.52 Å². The van der Waals surface area contributed by atoms with Crippen LogP contribution in [0.5, 0.6) is 0 Å². The van der Waals surface area contributed by atoms with Gasteiger partial charge >= 0.3 is 6.18 Å². The number of anilines is 1. The van der Waals surface area contributed by atoms with Gasteiger partial charge in [0, 0.05) is 24.5 Å². The van der Waals surface area contributed by atoms with Crippen LogP contribution in [0.4, 0.5) is 19.0 Å². The lowest BCUT2D eigenvalue weighted by atomic mass is 10.2. The van der Waals surface area contributed by atoms with Crippen molar-refractivity contribution in [3.63, 3.8) is 0 Å². The number of nitrogens with one attached hydrogen (secondary N) is 1. The molecule has 2 rings (SSSR count). The molecular formula is C13H18F3N5. The van der Waals surface area contributed by atoms with Crippen LogP contribution in [0.3, 0.4) is 0 Å². The zero-order valence-corrected chi connectivity index (χ0v) is 12.1. The van der Waals surface area contributed by atoms with Crippen LogP contribution < -0.4 is 5.32 Å². The molecule has 116 valence electrons. The third-order valence-electron chi connectivity index (χ3n) is 3.07. The Hall–Kier alpha value is -1.83. The highest BCUT2D eigenvalue weighted by atomic mass is 19.4. The Bertz CT molecular complexity index is 605. The molecule has 0 bridgehead atoms. The van der Waals surface area contributed by atoms with Gasteiger partial charge in [-0.05, 0) is 34.0 Å². The lowest BCUT2D eigenvalue weighted by Gasteiger charge is -2.17. The van der Waals surface area contributed by atoms with Crippen LogP contribution in [-0.2, 0) is 6.18 Å². The molecule has 0 spiro atoms. The predicted octanol–water partition coefficient (Wildman–Crippen LogP) is 2.50. The van der Waals surface area contributed by atoms with E-state index in [1.54, 1.807) is 0 Å². The summed E-state index contributed by atoms with van der Waals surface area (Å²) in [6.45, 7) is 2.85. The number of aromatic nitrogens is 3. The summed E-state index contributed by atoms with van der Waals surface area (Å²) in [5, 5.41) is 6.67. The second-order valence-electron chi connectivity index (χ2n) is 5.27. The van der Waals surface area contributed by atoms with E-state index in [1.165, 1.54) is 16.9 Å². The van der Waals surface area contributed by atoms with Gasteiger partial charge in [0.05, 0.1) is 0 Å². The monoisotopic (exact) mass is 301 g/mol. The summed E-state index contributed by atoms with van der Waals surface area (Å²) in [4.78, 5) is 6.16. The number of nitrogens with zero attached hydrogens (tertiary/aromatic N) is 4. The fourth-order valence-corrected chi connectivity index (χ4v) is 1.93. The molecule has 2 aromatic heterocycles. The Kier molecular flexibility index (Phi) is 4.36. The van der Waals surface area contributed by atoms with Crippen LogP contribution in [0.2, 0.25) is 0 Å². The van der Waals surface area contributed by atoms with Crippen molar-refractivity contribution in [3.8, 4) is 0 Å². The Balaban J connectivity index is 2.22. The molecule has 0 saturated heterocycles. The number of rotatable bonds is 5. The molecule has 0 aliphatic rings. The van der Waals surface area contributed by atoms with Crippen molar-refractivity contribution < 1.29 is 13.2 Å². The second-order valence-corrected chi connectivity index (χ2v) is 5.27. The molecule has 1 unspecified atom stereocenters. The average Bonchev–Trinajstić information content (AvgIpc) is 2.81. The minimum atomic E-state index is -4.46. The van der Waals surface area contributed by atoms with E-state index < -0.39 is 11.9 Å². The largest absolute Gasteiger partial charge is 0.435 e. The molecule has 0 aliphatic heterocycles. The van der Waals surface area contributed by atoms with E-state index in [2.05, 4.69) is 15.4 Å². The van der Waals surface area contributed by atoms with Gasteiger partial charge in [-0.2, -0.15) is 18.3 Å². The summed E-state index contributed by atoms with van der Waals surface area (Å²) in [7, 11) is 3.94. The Morgan fingerprint density at radius 1 is 1.38 bits per heavy atom. The minimum Gasteiger partial charge on any atom is -0.366 e. The van der Waals surface area contributed by atoms with Crippen LogP contribution in [-0.4, -0.2) is 46.2 Å². The van der Waals surface area contributed by atoms with Crippen LogP contribution >= 0.6 is 0 Å². The molecular weight excluding hydrogens is 283 g/mol. The first-order valence-corrected chi connectivity index (χ1v) is 6.60. The standard InChI is InChI=1S/C13H18F3N5/c1-9(4-6-20(2)3)18-12-10-8-11(13(14,15)16)19-21(10)7-5-17-12/h5,7-9H,4,6H2,1-3H3,(H,17,18). The highest BCUT2D eigenvalue weighted by Gasteiger charge is 2.34. The average molecular weight is 301 g/mol. The van der Waals surface area contributed by atoms with E-state index in [-0.39, 0.29) is 6.04 Å². The molecule has 2 aromatic rings. The van der Waals surface area contributed by atoms with E-state index in [0.717, 1.165) is 19.0 Å². The van der Waals surface area contributed by atoms with Gasteiger partial charge in [-0.1, -0.05) is 0 Å². The van der Waals surface area contributed by atoms with Gasteiger partial charge < -0.3 is 10.2 Å². The van der Waals surface area contributed by atoms with Crippen molar-refractivity contribution in [2.75, 3.05) is 26.0 Å². The molecule has 0 saturated carbocycles. The van der Waals surface area contributed by atoms with Crippen molar-refractivity contribution in [1.82, 2.24) is 19.5 Å². The van der Waals surface area contributed by atoms with Crippen molar-refractivity contribution in [3.05, 3.63) is 24.2 Å². The van der Waals surface area contributed by atoms with Gasteiger partial charge in [0.15, 0.2) is 11.5 Å². The van der Waals surface area contributed by atoms with Crippen LogP contribution in [0.15, 0.2) is 18.5 Å². The third-order valence-corrected chi connectivity index (χ3v) is 3.07. The fourth-order valence-electron chi connectivity index (χ4n) is 1.93. The zero-order chi connectivity index (χ0) is 15.6. The number of hydrogen-bond donors (Lipinski definition) is 1. The van der Waals surface area contributed by atoms with E-state index >= 15 is 0 Å². The van der Waals surface area contributed by atoms with Gasteiger partial charge in [0.1, 0.15) is 5.52 Å². The van der Waals surface area contributed by atoms with E-state index in [9.17, 15) is 13.2 Å². The smallest absolute Gasteiger partial charge is 0.366 e. The molecule has 1 N–H and O–H groups in total. The lowest BCUT2D eigenvalue weighted by Crippen LogP contribution is -2.23. The van der Waals surface area contributed by atoms with Gasteiger partial charge in [-0.15, -0.1) is 0 Å². The first kappa shape index (κ1) is 15.6. The molecule has 5 nitrogen and oxygen atoms in total. The van der Waals surface area contributed by atoms with Gasteiger partial charge in [-0.3, -0.25) is 0 Å². The summed E-state index contributed by atoms with van der Waals surface area (Å²) >= 11 is 0. The lowest BCUT2D eigenvalue weighted by molar-refractivity contribution is -0.141. The Morgan fingerprint density at radius 2 is 2.10 bits per heavy atom. The highest BCUT2D eigenvalue weighted by Crippen LogP contribution is 2.30. The van der Waals surface area contributed by atoms with Crippen molar-refractivity contribution >= 4 is 11.3 Å². The molecule has 1 atom stereocenters. The highest BCUT2D eigenvalue weighted by molar-refractivity contribution is 5.68. The Labute approximate surface area is 120 Å². The zero-order valence-electron chi connectivity index (χ0n) is 12.1. The van der Waals surface area contributed by atoms with E-state index in [4.69, 9.17) is 0 Å². The topological polar surface area (TPSA) is 45.5 Å². The summed E-state index contributed by atoms with van der Waals surface area (Å²) < 4.78 is 39.3. The summed E-state index contributed by atoms with van der Waals surface area (Å²) in [5.41, 5.74) is -0.596. The summed E-state index contributed by atoms with van der Waals surface area (Å²) in [6, 6.07) is 1.10. The molecule has 0 fully saturated rings. The maximum atomic E-state index is 12.7. The number of hydrogen-bond acceptors (Lipinski definition) is 4. The predicted molar refractivity (Wildman–Crippen MR) is 74.2 cm³/mol. The SMILES string of the molecule is CC(CCN(C)C)Nc1nccn2nc(C(F)(F)F)cc12. The third kappa shape index (κ3) is 3.84. The summed E-state index contributed by atoms with van der Waals surface area (Å²) in [6.07, 6.45) is -0.767. The van der Waals surface area contributed by atoms with Crippen molar-refractivity contribution in [2.24, 2.45) is 0 Å². The normalized spacial score (nSPS) is 13.9. The fraction of sp³-hybridized carbons (Fsp3) is 0.538. The molecule has 8 heteroatoms. The van der Waals surface area contributed by atoms with Crippen LogP contribution in [0, 0.1) is 0 Å². The van der Waals surface area contributed by atoms with Crippen LogP contribution in [0.1, 0.15) is 19.0 Å². The van der Waals surface area contributed by atoms with Gasteiger partial charge in [0.25, 0.3) is 0 Å². The van der Waals surface area contributed by atoms with Crippen molar-refractivity contribution in [2.45, 2.75) is 25.6 Å². The quantitative estimate of drug-likeness (QED) is 0.921. The van der Waals surface area contributed by atoms with Gasteiger partial charge in [0.2, 0.25) is 0 Å². The molecule has 2 heterocycles. The number of fused-ring (bicyclic) bond motifs is 1. The Morgan fingerprint density at radius 3 is 2.71 bits per heavy atom. The number of halogens is 3. The maximum absolute atomic E-state index is 12.7. The maximum Gasteiger partial charge on any atom is 0.435 e. The van der Waals surface area contributed by atoms with E-state index in [1.807, 2.05) is 25.9 Å². The first-order valence-electron chi connectivity index (χ1n) is 6.60. The molecule has 0 radical (unpaired) electrons. The molecule has 0 aliphatic carbocycles. The molecule has 0 amide bonds. The summed E-state index contributed by atoms with van der Waals surface area (Å²) in [5.74, 6) is 0.409. The second kappa shape index (κ2) is 5.88. The van der Waals surface area contributed by atoms with Crippen molar-refractivity contribution in [1.29, 1.82) is 0 Å². The first-order chi connectivity index (χ1) is 9.77. The molecule has 21 heavy (non-hydrogen) atoms. The minimum absolute atomic E-state index is 0.0929. The number of alkyl halides is 3. The molecule has 0 aromatic carbocycles. The van der Waals surface area contributed by atoms with Gasteiger partial charge in [-0.25, -0.2) is 9.50 Å². The van der Waals surface area contributed by atoms with E-state index in [0.29, 0.717) is 11.3 Å².